The summed E-state index contributed by atoms with van der Waals surface area (Å²) in [5.41, 5.74) is 0. The quantitative estimate of drug-likeness (QED) is 0.622. The summed E-state index contributed by atoms with van der Waals surface area (Å²) in [6.07, 6.45) is 0.852. The number of ether oxygens (including phenoxy) is 4. The minimum absolute atomic E-state index is 0.269. The van der Waals surface area contributed by atoms with E-state index in [4.69, 9.17) is 18.9 Å². The first kappa shape index (κ1) is 12.9. The van der Waals surface area contributed by atoms with Gasteiger partial charge in [-0.3, -0.25) is 0 Å². The smallest absolute Gasteiger partial charge is 0.163 e. The fourth-order valence-corrected chi connectivity index (χ4v) is 1.40. The molecule has 3 atom stereocenters. The lowest BCUT2D eigenvalue weighted by Gasteiger charge is -2.15. The van der Waals surface area contributed by atoms with Crippen LogP contribution in [0.1, 0.15) is 34.6 Å². The highest BCUT2D eigenvalue weighted by Crippen LogP contribution is 2.21. The zero-order valence-corrected chi connectivity index (χ0v) is 10.3. The van der Waals surface area contributed by atoms with Gasteiger partial charge in [-0.05, 0) is 34.6 Å². The van der Waals surface area contributed by atoms with Crippen LogP contribution in [-0.4, -0.2) is 37.5 Å². The Labute approximate surface area is 91.8 Å². The van der Waals surface area contributed by atoms with Crippen molar-refractivity contribution in [2.24, 2.45) is 0 Å². The van der Waals surface area contributed by atoms with E-state index in [2.05, 4.69) is 0 Å². The Kier molecular flexibility index (Phi) is 4.52. The van der Waals surface area contributed by atoms with Gasteiger partial charge in [-0.1, -0.05) is 0 Å². The molecule has 4 heteroatoms. The Bertz CT molecular complexity index is 185. The Morgan fingerprint density at radius 3 is 1.67 bits per heavy atom. The van der Waals surface area contributed by atoms with Gasteiger partial charge in [0.15, 0.2) is 5.79 Å². The summed E-state index contributed by atoms with van der Waals surface area (Å²) in [7, 11) is 0. The van der Waals surface area contributed by atoms with Crippen LogP contribution in [0.25, 0.3) is 0 Å². The summed E-state index contributed by atoms with van der Waals surface area (Å²) < 4.78 is 20.6. The van der Waals surface area contributed by atoms with Gasteiger partial charge in [0.05, 0.1) is 24.9 Å². The van der Waals surface area contributed by atoms with Gasteiger partial charge >= 0.3 is 0 Å². The highest BCUT2D eigenvalue weighted by molar-refractivity contribution is 4.65. The zero-order chi connectivity index (χ0) is 11.5. The third-order valence-electron chi connectivity index (χ3n) is 2.47. The molecule has 0 aliphatic carbocycles. The predicted molar refractivity (Wildman–Crippen MR) is 56.5 cm³/mol. The van der Waals surface area contributed by atoms with Crippen molar-refractivity contribution < 1.29 is 18.9 Å². The minimum atomic E-state index is -0.334. The maximum absolute atomic E-state index is 5.33. The van der Waals surface area contributed by atoms with Gasteiger partial charge in [0.1, 0.15) is 6.79 Å². The van der Waals surface area contributed by atoms with E-state index in [-0.39, 0.29) is 11.9 Å². The number of hydrogen-bond donors (Lipinski definition) is 0. The van der Waals surface area contributed by atoms with Crippen LogP contribution in [0.4, 0.5) is 0 Å². The third kappa shape index (κ3) is 4.47. The molecule has 0 N–H and O–H groups in total. The molecule has 2 heterocycles. The van der Waals surface area contributed by atoms with Crippen molar-refractivity contribution in [3.05, 3.63) is 0 Å². The third-order valence-corrected chi connectivity index (χ3v) is 2.47. The summed E-state index contributed by atoms with van der Waals surface area (Å²) >= 11 is 0. The Morgan fingerprint density at radius 2 is 1.53 bits per heavy atom. The molecule has 0 radical (unpaired) electrons. The average molecular weight is 218 g/mol. The van der Waals surface area contributed by atoms with E-state index in [1.807, 2.05) is 34.6 Å². The summed E-state index contributed by atoms with van der Waals surface area (Å²) in [4.78, 5) is 0. The molecule has 2 aliphatic heterocycles. The van der Waals surface area contributed by atoms with E-state index in [0.717, 1.165) is 6.61 Å². The Morgan fingerprint density at radius 1 is 1.00 bits per heavy atom. The van der Waals surface area contributed by atoms with E-state index in [1.165, 1.54) is 0 Å². The van der Waals surface area contributed by atoms with Crippen LogP contribution in [0.3, 0.4) is 0 Å². The van der Waals surface area contributed by atoms with Gasteiger partial charge in [-0.2, -0.15) is 0 Å². The van der Waals surface area contributed by atoms with E-state index in [1.54, 1.807) is 0 Å². The molecule has 2 rings (SSSR count). The van der Waals surface area contributed by atoms with Crippen molar-refractivity contribution in [1.29, 1.82) is 0 Å². The van der Waals surface area contributed by atoms with E-state index in [9.17, 15) is 0 Å². The molecule has 4 nitrogen and oxygen atoms in total. The van der Waals surface area contributed by atoms with E-state index >= 15 is 0 Å². The van der Waals surface area contributed by atoms with Crippen molar-refractivity contribution in [3.8, 4) is 0 Å². The first-order valence-electron chi connectivity index (χ1n) is 5.46. The van der Waals surface area contributed by atoms with E-state index in [0.29, 0.717) is 19.0 Å². The van der Waals surface area contributed by atoms with Crippen LogP contribution in [-0.2, 0) is 18.9 Å². The van der Waals surface area contributed by atoms with Gasteiger partial charge in [0, 0.05) is 0 Å². The molecule has 2 fully saturated rings. The lowest BCUT2D eigenvalue weighted by Crippen LogP contribution is -2.20. The van der Waals surface area contributed by atoms with Gasteiger partial charge in [-0.25, -0.2) is 0 Å². The molecule has 0 spiro atoms. The fourth-order valence-electron chi connectivity index (χ4n) is 1.40. The molecular weight excluding hydrogens is 196 g/mol. The van der Waals surface area contributed by atoms with Gasteiger partial charge in [-0.15, -0.1) is 0 Å². The van der Waals surface area contributed by atoms with Gasteiger partial charge in [0.2, 0.25) is 0 Å². The maximum atomic E-state index is 5.33. The van der Waals surface area contributed by atoms with Crippen LogP contribution < -0.4 is 0 Å². The Balaban J connectivity index is 0.000000151. The standard InChI is InChI=1S/C6H12O2.C5H10O2/c1-5-4-7-6(2,3)8-5;1-4-5(2)7-3-6-4/h5H,4H2,1-3H3;4-5H,3H2,1-2H3. The second-order valence-corrected chi connectivity index (χ2v) is 4.50. The summed E-state index contributed by atoms with van der Waals surface area (Å²) in [6, 6.07) is 0. The summed E-state index contributed by atoms with van der Waals surface area (Å²) in [5, 5.41) is 0. The normalized spacial score (nSPS) is 38.6. The molecular formula is C11H22O4. The number of hydrogen-bond acceptors (Lipinski definition) is 4. The maximum Gasteiger partial charge on any atom is 0.163 e. The zero-order valence-electron chi connectivity index (χ0n) is 10.3. The molecule has 0 aromatic rings. The molecule has 0 aromatic heterocycles. The molecule has 2 saturated heterocycles. The van der Waals surface area contributed by atoms with Crippen molar-refractivity contribution >= 4 is 0 Å². The predicted octanol–water partition coefficient (Wildman–Crippen LogP) is 1.93. The van der Waals surface area contributed by atoms with Crippen molar-refractivity contribution in [3.63, 3.8) is 0 Å². The topological polar surface area (TPSA) is 36.9 Å². The molecule has 15 heavy (non-hydrogen) atoms. The molecule has 0 aromatic carbocycles. The summed E-state index contributed by atoms with van der Waals surface area (Å²) in [5.74, 6) is -0.334. The number of rotatable bonds is 0. The molecule has 0 bridgehead atoms. The lowest BCUT2D eigenvalue weighted by atomic mass is 10.3. The van der Waals surface area contributed by atoms with Crippen molar-refractivity contribution in [2.45, 2.75) is 58.7 Å². The first-order valence-corrected chi connectivity index (χ1v) is 5.46. The first-order chi connectivity index (χ1) is 6.91. The molecule has 90 valence electrons. The second kappa shape index (κ2) is 5.25. The molecule has 3 unspecified atom stereocenters. The molecule has 0 saturated carbocycles. The van der Waals surface area contributed by atoms with Crippen LogP contribution in [0.5, 0.6) is 0 Å². The monoisotopic (exact) mass is 218 g/mol. The molecule has 2 aliphatic rings. The minimum Gasteiger partial charge on any atom is -0.350 e. The van der Waals surface area contributed by atoms with Crippen LogP contribution in [0.15, 0.2) is 0 Å². The highest BCUT2D eigenvalue weighted by Gasteiger charge is 2.29. The SMILES string of the molecule is CC1COC(C)(C)O1.CC1OCOC1C. The van der Waals surface area contributed by atoms with Crippen molar-refractivity contribution in [1.82, 2.24) is 0 Å². The summed E-state index contributed by atoms with van der Waals surface area (Å²) in [6.45, 7) is 11.1. The van der Waals surface area contributed by atoms with E-state index < -0.39 is 0 Å². The largest absolute Gasteiger partial charge is 0.350 e. The van der Waals surface area contributed by atoms with Crippen LogP contribution >= 0.6 is 0 Å². The lowest BCUT2D eigenvalue weighted by molar-refractivity contribution is -0.136. The highest BCUT2D eigenvalue weighted by atomic mass is 16.7. The molecule has 0 amide bonds. The van der Waals surface area contributed by atoms with Crippen LogP contribution in [0, 0.1) is 0 Å². The second-order valence-electron chi connectivity index (χ2n) is 4.50. The van der Waals surface area contributed by atoms with Gasteiger partial charge < -0.3 is 18.9 Å². The fraction of sp³-hybridized carbons (Fsp3) is 1.00. The average Bonchev–Trinajstić information content (AvgIpc) is 2.62. The van der Waals surface area contributed by atoms with Crippen molar-refractivity contribution in [2.75, 3.05) is 13.4 Å². The van der Waals surface area contributed by atoms with Crippen LogP contribution in [0.2, 0.25) is 0 Å². The van der Waals surface area contributed by atoms with Gasteiger partial charge in [0.25, 0.3) is 0 Å². The Hall–Kier alpha value is -0.160.